The monoisotopic (exact) mass is 299 g/mol. The van der Waals surface area contributed by atoms with E-state index in [1.165, 1.54) is 4.90 Å². The third kappa shape index (κ3) is 3.47. The number of ether oxygens (including phenoxy) is 2. The van der Waals surface area contributed by atoms with E-state index in [9.17, 15) is 9.59 Å². The van der Waals surface area contributed by atoms with Gasteiger partial charge in [-0.25, -0.2) is 4.79 Å². The molecule has 2 fully saturated rings. The number of nitrogens with zero attached hydrogens (tertiary/aromatic N) is 3. The summed E-state index contributed by atoms with van der Waals surface area (Å²) in [5, 5.41) is 0. The lowest BCUT2D eigenvalue weighted by atomic mass is 10.1. The number of likely N-dealkylation sites (N-methyl/N-ethyl adjacent to an activating group) is 1. The van der Waals surface area contributed by atoms with Gasteiger partial charge in [-0.1, -0.05) is 0 Å². The lowest BCUT2D eigenvalue weighted by molar-refractivity contribution is -0.142. The Bertz CT molecular complexity index is 400. The lowest BCUT2D eigenvalue weighted by Crippen LogP contribution is -2.56. The van der Waals surface area contributed by atoms with Crippen molar-refractivity contribution in [3.05, 3.63) is 0 Å². The van der Waals surface area contributed by atoms with E-state index in [1.807, 2.05) is 4.90 Å². The highest BCUT2D eigenvalue weighted by Gasteiger charge is 2.45. The van der Waals surface area contributed by atoms with Crippen LogP contribution in [-0.2, 0) is 14.3 Å². The molecule has 0 spiro atoms. The molecule has 3 atom stereocenters. The largest absolute Gasteiger partial charge is 0.372 e. The Morgan fingerprint density at radius 2 is 1.90 bits per heavy atom. The number of carbonyl (C=O) groups is 2. The molecule has 0 aromatic heterocycles. The molecule has 2 aliphatic rings. The van der Waals surface area contributed by atoms with Gasteiger partial charge in [-0.05, 0) is 12.8 Å². The molecule has 3 amide bonds. The smallest absolute Gasteiger partial charge is 0.319 e. The highest BCUT2D eigenvalue weighted by molar-refractivity contribution is 5.76. The molecule has 120 valence electrons. The zero-order chi connectivity index (χ0) is 15.6. The van der Waals surface area contributed by atoms with E-state index in [-0.39, 0.29) is 36.8 Å². The van der Waals surface area contributed by atoms with Gasteiger partial charge >= 0.3 is 6.03 Å². The van der Waals surface area contributed by atoms with Crippen molar-refractivity contribution < 1.29 is 19.1 Å². The van der Waals surface area contributed by atoms with Crippen LogP contribution in [0.2, 0.25) is 0 Å². The molecule has 0 aromatic rings. The zero-order valence-corrected chi connectivity index (χ0v) is 13.2. The molecule has 1 saturated heterocycles. The number of morpholine rings is 1. The van der Waals surface area contributed by atoms with Crippen LogP contribution in [0.25, 0.3) is 0 Å². The molecule has 0 bridgehead atoms. The maximum atomic E-state index is 12.2. The number of hydrogen-bond acceptors (Lipinski definition) is 4. The van der Waals surface area contributed by atoms with Crippen molar-refractivity contribution >= 4 is 11.9 Å². The standard InChI is InChI=1S/C14H25N3O4/c1-15(2)12(18)9-21-11-6-5-10-13(11)20-8-7-17(10)14(19)16(3)4/h10-11,13H,5-9H2,1-4H3/t10-,11+,13+/m0/s1. The van der Waals surface area contributed by atoms with E-state index in [0.29, 0.717) is 13.2 Å². The fourth-order valence-corrected chi connectivity index (χ4v) is 2.90. The van der Waals surface area contributed by atoms with Gasteiger partial charge in [0, 0.05) is 34.7 Å². The second-order valence-electron chi connectivity index (χ2n) is 5.99. The number of amides is 3. The summed E-state index contributed by atoms with van der Waals surface area (Å²) in [4.78, 5) is 28.8. The Kier molecular flexibility index (Phi) is 5.05. The second kappa shape index (κ2) is 6.62. The Hall–Kier alpha value is -1.34. The molecule has 0 N–H and O–H groups in total. The molecule has 7 heteroatoms. The summed E-state index contributed by atoms with van der Waals surface area (Å²) in [6, 6.07) is 0.0615. The summed E-state index contributed by atoms with van der Waals surface area (Å²) in [6.45, 7) is 1.19. The average molecular weight is 299 g/mol. The van der Waals surface area contributed by atoms with E-state index in [0.717, 1.165) is 12.8 Å². The first kappa shape index (κ1) is 16.0. The molecule has 0 radical (unpaired) electrons. The lowest BCUT2D eigenvalue weighted by Gasteiger charge is -2.40. The highest BCUT2D eigenvalue weighted by Crippen LogP contribution is 2.32. The van der Waals surface area contributed by atoms with Crippen LogP contribution >= 0.6 is 0 Å². The number of rotatable bonds is 3. The maximum absolute atomic E-state index is 12.2. The topological polar surface area (TPSA) is 62.3 Å². The fraction of sp³-hybridized carbons (Fsp3) is 0.857. The van der Waals surface area contributed by atoms with Crippen molar-refractivity contribution in [1.82, 2.24) is 14.7 Å². The van der Waals surface area contributed by atoms with Crippen LogP contribution in [-0.4, -0.2) is 92.8 Å². The minimum absolute atomic E-state index is 0.0123. The van der Waals surface area contributed by atoms with Crippen molar-refractivity contribution in [3.8, 4) is 0 Å². The van der Waals surface area contributed by atoms with Gasteiger partial charge in [0.15, 0.2) is 0 Å². The van der Waals surface area contributed by atoms with Gasteiger partial charge in [0.05, 0.1) is 18.8 Å². The van der Waals surface area contributed by atoms with E-state index < -0.39 is 0 Å². The van der Waals surface area contributed by atoms with Gasteiger partial charge in [-0.3, -0.25) is 4.79 Å². The summed E-state index contributed by atoms with van der Waals surface area (Å²) in [7, 11) is 6.92. The summed E-state index contributed by atoms with van der Waals surface area (Å²) in [5.74, 6) is -0.0597. The summed E-state index contributed by atoms with van der Waals surface area (Å²) >= 11 is 0. The third-order valence-corrected chi connectivity index (χ3v) is 4.08. The number of fused-ring (bicyclic) bond motifs is 1. The quantitative estimate of drug-likeness (QED) is 0.736. The fourth-order valence-electron chi connectivity index (χ4n) is 2.90. The van der Waals surface area contributed by atoms with E-state index in [1.54, 1.807) is 33.1 Å². The van der Waals surface area contributed by atoms with Crippen molar-refractivity contribution in [1.29, 1.82) is 0 Å². The van der Waals surface area contributed by atoms with Crippen LogP contribution in [0.3, 0.4) is 0 Å². The Morgan fingerprint density at radius 3 is 2.52 bits per heavy atom. The van der Waals surface area contributed by atoms with Crippen LogP contribution in [0, 0.1) is 0 Å². The first-order valence-electron chi connectivity index (χ1n) is 7.33. The second-order valence-corrected chi connectivity index (χ2v) is 5.99. The van der Waals surface area contributed by atoms with Crippen molar-refractivity contribution in [3.63, 3.8) is 0 Å². The zero-order valence-electron chi connectivity index (χ0n) is 13.2. The molecule has 21 heavy (non-hydrogen) atoms. The first-order valence-corrected chi connectivity index (χ1v) is 7.33. The summed E-state index contributed by atoms with van der Waals surface area (Å²) < 4.78 is 11.5. The molecule has 1 saturated carbocycles. The van der Waals surface area contributed by atoms with Gasteiger partial charge < -0.3 is 24.2 Å². The van der Waals surface area contributed by atoms with Gasteiger partial charge in [-0.2, -0.15) is 0 Å². The van der Waals surface area contributed by atoms with Gasteiger partial charge in [0.1, 0.15) is 12.7 Å². The van der Waals surface area contributed by atoms with Crippen molar-refractivity contribution in [2.45, 2.75) is 31.1 Å². The molecule has 0 unspecified atom stereocenters. The predicted molar refractivity (Wildman–Crippen MR) is 77.0 cm³/mol. The number of hydrogen-bond donors (Lipinski definition) is 0. The van der Waals surface area contributed by atoms with E-state index in [2.05, 4.69) is 0 Å². The minimum atomic E-state index is -0.127. The molecule has 7 nitrogen and oxygen atoms in total. The summed E-state index contributed by atoms with van der Waals surface area (Å²) in [6.07, 6.45) is 1.42. The maximum Gasteiger partial charge on any atom is 0.319 e. The molecule has 1 heterocycles. The van der Waals surface area contributed by atoms with Gasteiger partial charge in [0.25, 0.3) is 0 Å². The summed E-state index contributed by atoms with van der Waals surface area (Å²) in [5.41, 5.74) is 0. The third-order valence-electron chi connectivity index (χ3n) is 4.08. The first-order chi connectivity index (χ1) is 9.91. The predicted octanol–water partition coefficient (Wildman–Crippen LogP) is 0.00460. The molecular weight excluding hydrogens is 274 g/mol. The minimum Gasteiger partial charge on any atom is -0.372 e. The SMILES string of the molecule is CN(C)C(=O)CO[C@@H]1CC[C@H]2[C@H]1OCCN2C(=O)N(C)C. The Balaban J connectivity index is 1.95. The number of carbonyl (C=O) groups excluding carboxylic acids is 2. The normalized spacial score (nSPS) is 28.2. The van der Waals surface area contributed by atoms with E-state index in [4.69, 9.17) is 9.47 Å². The van der Waals surface area contributed by atoms with Gasteiger partial charge in [-0.15, -0.1) is 0 Å². The molecule has 0 aromatic carbocycles. The molecule has 1 aliphatic heterocycles. The van der Waals surface area contributed by atoms with Crippen LogP contribution in [0.5, 0.6) is 0 Å². The number of urea groups is 1. The van der Waals surface area contributed by atoms with Gasteiger partial charge in [0.2, 0.25) is 5.91 Å². The van der Waals surface area contributed by atoms with Crippen LogP contribution < -0.4 is 0 Å². The van der Waals surface area contributed by atoms with E-state index >= 15 is 0 Å². The van der Waals surface area contributed by atoms with Crippen LogP contribution in [0.4, 0.5) is 4.79 Å². The van der Waals surface area contributed by atoms with Crippen LogP contribution in [0.1, 0.15) is 12.8 Å². The Morgan fingerprint density at radius 1 is 1.19 bits per heavy atom. The van der Waals surface area contributed by atoms with Crippen LogP contribution in [0.15, 0.2) is 0 Å². The molecule has 1 aliphatic carbocycles. The average Bonchev–Trinajstić information content (AvgIpc) is 2.86. The molecule has 2 rings (SSSR count). The van der Waals surface area contributed by atoms with Crippen molar-refractivity contribution in [2.75, 3.05) is 47.9 Å². The van der Waals surface area contributed by atoms with Crippen molar-refractivity contribution in [2.24, 2.45) is 0 Å². The molecular formula is C14H25N3O4. The highest BCUT2D eigenvalue weighted by atomic mass is 16.5. The Labute approximate surface area is 125 Å².